The molecular formula is C26H37NO2. The van der Waals surface area contributed by atoms with E-state index < -0.39 is 5.41 Å². The summed E-state index contributed by atoms with van der Waals surface area (Å²) >= 11 is 0. The van der Waals surface area contributed by atoms with E-state index in [4.69, 9.17) is 4.74 Å². The molecule has 3 nitrogen and oxygen atoms in total. The fourth-order valence-electron chi connectivity index (χ4n) is 3.61. The predicted octanol–water partition coefficient (Wildman–Crippen LogP) is 6.36. The van der Waals surface area contributed by atoms with Crippen molar-refractivity contribution in [3.05, 3.63) is 54.1 Å². The molecule has 3 heteroatoms. The number of hydrogen-bond donors (Lipinski definition) is 0. The normalized spacial score (nSPS) is 11.7. The molecule has 0 N–H and O–H groups in total. The summed E-state index contributed by atoms with van der Waals surface area (Å²) in [5.74, 6) is 0.386. The first kappa shape index (κ1) is 23.2. The first-order chi connectivity index (χ1) is 13.8. The van der Waals surface area contributed by atoms with Gasteiger partial charge in [-0.15, -0.1) is 0 Å². The Kier molecular flexibility index (Phi) is 8.91. The lowest BCUT2D eigenvalue weighted by Gasteiger charge is -2.25. The van der Waals surface area contributed by atoms with Crippen LogP contribution < -0.4 is 4.74 Å². The van der Waals surface area contributed by atoms with Gasteiger partial charge in [-0.25, -0.2) is 0 Å². The number of aryl methyl sites for hydroxylation is 1. The van der Waals surface area contributed by atoms with Gasteiger partial charge >= 0.3 is 5.97 Å². The molecule has 0 saturated heterocycles. The van der Waals surface area contributed by atoms with Gasteiger partial charge in [0, 0.05) is 6.54 Å². The molecule has 0 heterocycles. The number of hydrogen-bond acceptors (Lipinski definition) is 3. The Balaban J connectivity index is 1.92. The molecule has 0 fully saturated rings. The minimum atomic E-state index is -0.547. The van der Waals surface area contributed by atoms with Gasteiger partial charge < -0.3 is 9.64 Å². The lowest BCUT2D eigenvalue weighted by molar-refractivity contribution is -0.144. The zero-order valence-corrected chi connectivity index (χ0v) is 18.8. The van der Waals surface area contributed by atoms with Crippen molar-refractivity contribution in [2.75, 3.05) is 20.6 Å². The SMILES string of the molecule is CCCCCCCc1ccc(-c2ccc(OC(=O)C(C)(C)CN(C)C)cc2)cc1. The molecule has 2 aromatic carbocycles. The van der Waals surface area contributed by atoms with E-state index in [1.807, 2.05) is 57.1 Å². The third-order valence-electron chi connectivity index (χ3n) is 5.19. The zero-order chi connectivity index (χ0) is 21.3. The van der Waals surface area contributed by atoms with Gasteiger partial charge in [-0.2, -0.15) is 0 Å². The Morgan fingerprint density at radius 2 is 1.41 bits per heavy atom. The molecule has 0 unspecified atom stereocenters. The first-order valence-electron chi connectivity index (χ1n) is 10.9. The van der Waals surface area contributed by atoms with Gasteiger partial charge in [0.05, 0.1) is 5.41 Å². The first-order valence-corrected chi connectivity index (χ1v) is 10.9. The number of nitrogens with zero attached hydrogens (tertiary/aromatic N) is 1. The lowest BCUT2D eigenvalue weighted by Crippen LogP contribution is -2.38. The summed E-state index contributed by atoms with van der Waals surface area (Å²) in [4.78, 5) is 14.5. The average Bonchev–Trinajstić information content (AvgIpc) is 2.68. The van der Waals surface area contributed by atoms with Gasteiger partial charge in [0.25, 0.3) is 0 Å². The van der Waals surface area contributed by atoms with Gasteiger partial charge in [0.2, 0.25) is 0 Å². The predicted molar refractivity (Wildman–Crippen MR) is 122 cm³/mol. The van der Waals surface area contributed by atoms with Crippen LogP contribution in [0.5, 0.6) is 5.75 Å². The van der Waals surface area contributed by atoms with Crippen LogP contribution >= 0.6 is 0 Å². The second kappa shape index (κ2) is 11.2. The number of benzene rings is 2. The molecule has 0 amide bonds. The van der Waals surface area contributed by atoms with Crippen LogP contribution in [0, 0.1) is 5.41 Å². The third-order valence-corrected chi connectivity index (χ3v) is 5.19. The van der Waals surface area contributed by atoms with Gasteiger partial charge in [-0.1, -0.05) is 69.0 Å². The Morgan fingerprint density at radius 3 is 1.97 bits per heavy atom. The Bertz CT molecular complexity index is 745. The largest absolute Gasteiger partial charge is 0.426 e. The molecule has 0 spiro atoms. The van der Waals surface area contributed by atoms with Gasteiger partial charge in [-0.05, 0) is 69.6 Å². The Hall–Kier alpha value is -2.13. The molecule has 0 bridgehead atoms. The van der Waals surface area contributed by atoms with E-state index in [0.29, 0.717) is 12.3 Å². The van der Waals surface area contributed by atoms with E-state index in [1.54, 1.807) is 0 Å². The van der Waals surface area contributed by atoms with Crippen molar-refractivity contribution in [2.45, 2.75) is 59.3 Å². The molecule has 2 aromatic rings. The van der Waals surface area contributed by atoms with Crippen molar-refractivity contribution in [2.24, 2.45) is 5.41 Å². The van der Waals surface area contributed by atoms with Crippen molar-refractivity contribution < 1.29 is 9.53 Å². The maximum absolute atomic E-state index is 12.5. The summed E-state index contributed by atoms with van der Waals surface area (Å²) in [7, 11) is 3.92. The molecule has 0 atom stereocenters. The Labute approximate surface area is 177 Å². The molecule has 0 aliphatic rings. The van der Waals surface area contributed by atoms with Crippen LogP contribution in [0.2, 0.25) is 0 Å². The molecule has 0 aliphatic heterocycles. The summed E-state index contributed by atoms with van der Waals surface area (Å²) in [6, 6.07) is 16.6. The van der Waals surface area contributed by atoms with E-state index >= 15 is 0 Å². The fraction of sp³-hybridized carbons (Fsp3) is 0.500. The third kappa shape index (κ3) is 7.66. The number of ether oxygens (including phenoxy) is 1. The van der Waals surface area contributed by atoms with Crippen LogP contribution in [-0.4, -0.2) is 31.5 Å². The highest BCUT2D eigenvalue weighted by Crippen LogP contribution is 2.25. The van der Waals surface area contributed by atoms with E-state index in [1.165, 1.54) is 43.2 Å². The Morgan fingerprint density at radius 1 is 0.862 bits per heavy atom. The lowest BCUT2D eigenvalue weighted by atomic mass is 9.93. The molecule has 158 valence electrons. The van der Waals surface area contributed by atoms with Crippen LogP contribution in [-0.2, 0) is 11.2 Å². The van der Waals surface area contributed by atoms with Crippen molar-refractivity contribution in [3.63, 3.8) is 0 Å². The molecule has 0 saturated carbocycles. The number of carbonyl (C=O) groups excluding carboxylic acids is 1. The fourth-order valence-corrected chi connectivity index (χ4v) is 3.61. The minimum Gasteiger partial charge on any atom is -0.426 e. The monoisotopic (exact) mass is 395 g/mol. The van der Waals surface area contributed by atoms with Crippen LogP contribution in [0.15, 0.2) is 48.5 Å². The number of esters is 1. The summed E-state index contributed by atoms with van der Waals surface area (Å²) < 4.78 is 5.60. The molecule has 0 aromatic heterocycles. The topological polar surface area (TPSA) is 29.5 Å². The van der Waals surface area contributed by atoms with E-state index in [9.17, 15) is 4.79 Å². The van der Waals surface area contributed by atoms with Crippen LogP contribution in [0.25, 0.3) is 11.1 Å². The maximum atomic E-state index is 12.5. The second-order valence-corrected chi connectivity index (χ2v) is 8.90. The minimum absolute atomic E-state index is 0.206. The van der Waals surface area contributed by atoms with Crippen molar-refractivity contribution in [1.82, 2.24) is 4.90 Å². The second-order valence-electron chi connectivity index (χ2n) is 8.90. The van der Waals surface area contributed by atoms with Crippen molar-refractivity contribution >= 4 is 5.97 Å². The number of unbranched alkanes of at least 4 members (excludes halogenated alkanes) is 4. The molecule has 2 rings (SSSR count). The van der Waals surface area contributed by atoms with E-state index in [0.717, 1.165) is 12.0 Å². The van der Waals surface area contributed by atoms with Gasteiger partial charge in [-0.3, -0.25) is 4.79 Å². The zero-order valence-electron chi connectivity index (χ0n) is 18.8. The highest BCUT2D eigenvalue weighted by atomic mass is 16.5. The smallest absolute Gasteiger partial charge is 0.318 e. The summed E-state index contributed by atoms with van der Waals surface area (Å²) in [5, 5.41) is 0. The summed E-state index contributed by atoms with van der Waals surface area (Å²) in [6.07, 6.45) is 7.72. The number of rotatable bonds is 11. The molecule has 0 radical (unpaired) electrons. The number of carbonyl (C=O) groups is 1. The van der Waals surface area contributed by atoms with Crippen LogP contribution in [0.3, 0.4) is 0 Å². The summed E-state index contributed by atoms with van der Waals surface area (Å²) in [5.41, 5.74) is 3.17. The molecule has 0 aliphatic carbocycles. The van der Waals surface area contributed by atoms with Crippen LogP contribution in [0.1, 0.15) is 58.4 Å². The van der Waals surface area contributed by atoms with Gasteiger partial charge in [0.15, 0.2) is 0 Å². The van der Waals surface area contributed by atoms with Crippen LogP contribution in [0.4, 0.5) is 0 Å². The quantitative estimate of drug-likeness (QED) is 0.252. The average molecular weight is 396 g/mol. The standard InChI is InChI=1S/C26H37NO2/c1-6-7-8-9-10-11-21-12-14-22(15-13-21)23-16-18-24(19-17-23)29-25(28)26(2,3)20-27(4)5/h12-19H,6-11,20H2,1-5H3. The van der Waals surface area contributed by atoms with Crippen molar-refractivity contribution in [3.8, 4) is 16.9 Å². The van der Waals surface area contributed by atoms with E-state index in [2.05, 4.69) is 31.2 Å². The molecule has 29 heavy (non-hydrogen) atoms. The highest BCUT2D eigenvalue weighted by Gasteiger charge is 2.30. The van der Waals surface area contributed by atoms with Crippen molar-refractivity contribution in [1.29, 1.82) is 0 Å². The summed E-state index contributed by atoms with van der Waals surface area (Å²) in [6.45, 7) is 6.72. The maximum Gasteiger partial charge on any atom is 0.318 e. The van der Waals surface area contributed by atoms with Gasteiger partial charge in [0.1, 0.15) is 5.75 Å². The molecular weight excluding hydrogens is 358 g/mol. The highest BCUT2D eigenvalue weighted by molar-refractivity contribution is 5.79. The van der Waals surface area contributed by atoms with E-state index in [-0.39, 0.29) is 5.97 Å².